The van der Waals surface area contributed by atoms with Crippen molar-refractivity contribution in [3.8, 4) is 11.1 Å². The monoisotopic (exact) mass is 365 g/mol. The maximum Gasteiger partial charge on any atom is 0.409 e. The van der Waals surface area contributed by atoms with Gasteiger partial charge in [0.25, 0.3) is 0 Å². The van der Waals surface area contributed by atoms with Crippen molar-refractivity contribution in [1.82, 2.24) is 4.90 Å². The largest absolute Gasteiger partial charge is 0.448 e. The molecule has 2 fully saturated rings. The summed E-state index contributed by atoms with van der Waals surface area (Å²) in [5, 5.41) is 9.74. The SMILES string of the molecule is O=C(OCC1c2ccccc2-c2ccccc21)N1C[C@@H]2CCO[C@]2(CO)C1. The van der Waals surface area contributed by atoms with Gasteiger partial charge in [0, 0.05) is 25.0 Å². The summed E-state index contributed by atoms with van der Waals surface area (Å²) < 4.78 is 11.5. The van der Waals surface area contributed by atoms with E-state index < -0.39 is 5.60 Å². The number of aliphatic hydroxyl groups excluding tert-OH is 1. The van der Waals surface area contributed by atoms with Gasteiger partial charge in [0.15, 0.2) is 0 Å². The highest BCUT2D eigenvalue weighted by Gasteiger charge is 2.52. The highest BCUT2D eigenvalue weighted by molar-refractivity contribution is 5.79. The Hall–Kier alpha value is -2.37. The topological polar surface area (TPSA) is 59.0 Å². The van der Waals surface area contributed by atoms with Gasteiger partial charge in [-0.1, -0.05) is 48.5 Å². The summed E-state index contributed by atoms with van der Waals surface area (Å²) in [5.74, 6) is 0.259. The van der Waals surface area contributed by atoms with Crippen molar-refractivity contribution in [2.75, 3.05) is 32.9 Å². The van der Waals surface area contributed by atoms with Crippen molar-refractivity contribution in [2.24, 2.45) is 5.92 Å². The Labute approximate surface area is 158 Å². The van der Waals surface area contributed by atoms with Crippen molar-refractivity contribution in [2.45, 2.75) is 17.9 Å². The number of hydrogen-bond acceptors (Lipinski definition) is 4. The molecule has 2 heterocycles. The Morgan fingerprint density at radius 1 is 1.15 bits per heavy atom. The van der Waals surface area contributed by atoms with Crippen molar-refractivity contribution >= 4 is 6.09 Å². The van der Waals surface area contributed by atoms with Gasteiger partial charge >= 0.3 is 6.09 Å². The Balaban J connectivity index is 1.32. The number of benzene rings is 2. The smallest absolute Gasteiger partial charge is 0.409 e. The average molecular weight is 365 g/mol. The van der Waals surface area contributed by atoms with E-state index in [0.29, 0.717) is 26.3 Å². The Kier molecular flexibility index (Phi) is 3.95. The summed E-state index contributed by atoms with van der Waals surface area (Å²) in [5.41, 5.74) is 4.26. The molecule has 5 rings (SSSR count). The molecule has 2 aliphatic heterocycles. The minimum atomic E-state index is -0.592. The van der Waals surface area contributed by atoms with Gasteiger partial charge in [0.1, 0.15) is 12.2 Å². The number of carbonyl (C=O) groups excluding carboxylic acids is 1. The van der Waals surface area contributed by atoms with E-state index in [4.69, 9.17) is 9.47 Å². The number of aliphatic hydroxyl groups is 1. The fraction of sp³-hybridized carbons (Fsp3) is 0.409. The van der Waals surface area contributed by atoms with Gasteiger partial charge in [0.05, 0.1) is 13.2 Å². The van der Waals surface area contributed by atoms with E-state index in [1.165, 1.54) is 22.3 Å². The van der Waals surface area contributed by atoms with E-state index in [9.17, 15) is 9.90 Å². The molecule has 5 heteroatoms. The fourth-order valence-corrected chi connectivity index (χ4v) is 4.92. The van der Waals surface area contributed by atoms with Crippen LogP contribution < -0.4 is 0 Å². The summed E-state index contributed by atoms with van der Waals surface area (Å²) in [6, 6.07) is 16.6. The van der Waals surface area contributed by atoms with Gasteiger partial charge in [-0.05, 0) is 28.7 Å². The molecule has 0 spiro atoms. The van der Waals surface area contributed by atoms with Gasteiger partial charge in [-0.15, -0.1) is 0 Å². The maximum atomic E-state index is 12.7. The number of nitrogens with zero attached hydrogens (tertiary/aromatic N) is 1. The minimum absolute atomic E-state index is 0.0508. The maximum absolute atomic E-state index is 12.7. The van der Waals surface area contributed by atoms with Crippen LogP contribution in [0.1, 0.15) is 23.5 Å². The van der Waals surface area contributed by atoms with Crippen LogP contribution in [0.25, 0.3) is 11.1 Å². The number of amides is 1. The molecule has 27 heavy (non-hydrogen) atoms. The zero-order valence-corrected chi connectivity index (χ0v) is 15.1. The first kappa shape index (κ1) is 16.8. The number of likely N-dealkylation sites (tertiary alicyclic amines) is 1. The lowest BCUT2D eigenvalue weighted by Gasteiger charge is -2.25. The molecule has 5 nitrogen and oxygen atoms in total. The Morgan fingerprint density at radius 2 is 1.81 bits per heavy atom. The third kappa shape index (κ3) is 2.57. The van der Waals surface area contributed by atoms with Crippen LogP contribution in [-0.4, -0.2) is 54.6 Å². The molecule has 2 aromatic carbocycles. The first-order chi connectivity index (χ1) is 13.2. The lowest BCUT2D eigenvalue weighted by molar-refractivity contribution is -0.0455. The second kappa shape index (κ2) is 6.36. The molecule has 1 aliphatic carbocycles. The van der Waals surface area contributed by atoms with Crippen molar-refractivity contribution in [1.29, 1.82) is 0 Å². The molecular formula is C22H23NO4. The zero-order chi connectivity index (χ0) is 18.4. The molecule has 2 saturated heterocycles. The van der Waals surface area contributed by atoms with E-state index in [-0.39, 0.29) is 24.5 Å². The molecule has 1 amide bonds. The third-order valence-corrected chi connectivity index (χ3v) is 6.36. The van der Waals surface area contributed by atoms with Crippen LogP contribution >= 0.6 is 0 Å². The molecule has 0 saturated carbocycles. The quantitative estimate of drug-likeness (QED) is 0.908. The number of ether oxygens (including phenoxy) is 2. The molecule has 0 radical (unpaired) electrons. The summed E-state index contributed by atoms with van der Waals surface area (Å²) in [6.45, 7) is 1.93. The Morgan fingerprint density at radius 3 is 2.44 bits per heavy atom. The summed E-state index contributed by atoms with van der Waals surface area (Å²) in [4.78, 5) is 14.4. The van der Waals surface area contributed by atoms with Crippen LogP contribution in [0, 0.1) is 5.92 Å². The van der Waals surface area contributed by atoms with E-state index in [2.05, 4.69) is 24.3 Å². The van der Waals surface area contributed by atoms with Crippen LogP contribution in [0.5, 0.6) is 0 Å². The van der Waals surface area contributed by atoms with Crippen LogP contribution in [0.15, 0.2) is 48.5 Å². The number of carbonyl (C=O) groups is 1. The molecule has 0 unspecified atom stereocenters. The molecule has 2 atom stereocenters. The predicted molar refractivity (Wildman–Crippen MR) is 101 cm³/mol. The van der Waals surface area contributed by atoms with Crippen molar-refractivity contribution < 1.29 is 19.4 Å². The normalized spacial score (nSPS) is 26.0. The highest BCUT2D eigenvalue weighted by atomic mass is 16.6. The fourth-order valence-electron chi connectivity index (χ4n) is 4.92. The third-order valence-electron chi connectivity index (χ3n) is 6.36. The van der Waals surface area contributed by atoms with Crippen molar-refractivity contribution in [3.05, 3.63) is 59.7 Å². The average Bonchev–Trinajstić information content (AvgIpc) is 3.35. The molecule has 1 N–H and O–H groups in total. The minimum Gasteiger partial charge on any atom is -0.448 e. The number of rotatable bonds is 3. The molecule has 0 aromatic heterocycles. The van der Waals surface area contributed by atoms with Gasteiger partial charge < -0.3 is 19.5 Å². The van der Waals surface area contributed by atoms with E-state index in [1.807, 2.05) is 24.3 Å². The van der Waals surface area contributed by atoms with Crippen LogP contribution in [0.3, 0.4) is 0 Å². The predicted octanol–water partition coefficient (Wildman–Crippen LogP) is 3.02. The first-order valence-corrected chi connectivity index (χ1v) is 9.56. The molecule has 140 valence electrons. The van der Waals surface area contributed by atoms with Gasteiger partial charge in [0.2, 0.25) is 0 Å². The lowest BCUT2D eigenvalue weighted by Crippen LogP contribution is -2.41. The van der Waals surface area contributed by atoms with Crippen LogP contribution in [0.2, 0.25) is 0 Å². The second-order valence-corrected chi connectivity index (χ2v) is 7.74. The zero-order valence-electron chi connectivity index (χ0n) is 15.1. The summed E-state index contributed by atoms with van der Waals surface area (Å²) in [6.07, 6.45) is 0.566. The summed E-state index contributed by atoms with van der Waals surface area (Å²) in [7, 11) is 0. The highest BCUT2D eigenvalue weighted by Crippen LogP contribution is 2.45. The van der Waals surface area contributed by atoms with E-state index in [0.717, 1.165) is 6.42 Å². The Bertz CT molecular complexity index is 837. The van der Waals surface area contributed by atoms with E-state index >= 15 is 0 Å². The number of hydrogen-bond donors (Lipinski definition) is 1. The van der Waals surface area contributed by atoms with E-state index in [1.54, 1.807) is 4.90 Å². The molecule has 0 bridgehead atoms. The van der Waals surface area contributed by atoms with Crippen LogP contribution in [-0.2, 0) is 9.47 Å². The number of fused-ring (bicyclic) bond motifs is 4. The standard InChI is InChI=1S/C22H23NO4/c24-14-22-13-23(11-15(22)9-10-27-22)21(25)26-12-20-18-7-3-1-5-16(18)17-6-2-4-8-19(17)20/h1-8,15,20,24H,9-14H2/t15-,22-/m0/s1. The lowest BCUT2D eigenvalue weighted by atomic mass is 9.92. The molecule has 2 aromatic rings. The first-order valence-electron chi connectivity index (χ1n) is 9.56. The van der Waals surface area contributed by atoms with Gasteiger partial charge in [-0.25, -0.2) is 4.79 Å². The summed E-state index contributed by atoms with van der Waals surface area (Å²) >= 11 is 0. The van der Waals surface area contributed by atoms with Gasteiger partial charge in [-0.3, -0.25) is 0 Å². The van der Waals surface area contributed by atoms with Gasteiger partial charge in [-0.2, -0.15) is 0 Å². The van der Waals surface area contributed by atoms with Crippen molar-refractivity contribution in [3.63, 3.8) is 0 Å². The second-order valence-electron chi connectivity index (χ2n) is 7.74. The molecular weight excluding hydrogens is 342 g/mol. The van der Waals surface area contributed by atoms with Crippen LogP contribution in [0.4, 0.5) is 4.79 Å². The molecule has 3 aliphatic rings.